The number of nitrogens with two attached hydrogens (primary N) is 1. The van der Waals surface area contributed by atoms with Gasteiger partial charge in [0.15, 0.2) is 5.13 Å². The molecule has 0 radical (unpaired) electrons. The van der Waals surface area contributed by atoms with Gasteiger partial charge in [0.25, 0.3) is 11.8 Å². The van der Waals surface area contributed by atoms with Crippen molar-refractivity contribution >= 4 is 57.9 Å². The number of nitrogen functional groups attached to an aromatic ring is 1. The summed E-state index contributed by atoms with van der Waals surface area (Å²) in [6.45, 7) is 2.82. The lowest BCUT2D eigenvalue weighted by Crippen LogP contribution is -2.71. The maximum Gasteiger partial charge on any atom is 0.352 e. The number of carbonyl (C=O) groups excluding carboxylic acids is 2. The van der Waals surface area contributed by atoms with Crippen molar-refractivity contribution in [2.75, 3.05) is 11.5 Å². The molecule has 15 nitrogen and oxygen atoms in total. The average molecular weight is 606 g/mol. The molecule has 2 amide bonds. The van der Waals surface area contributed by atoms with Gasteiger partial charge in [0, 0.05) is 35.7 Å². The number of rotatable bonds is 9. The first-order chi connectivity index (χ1) is 19.4. The minimum atomic E-state index is -1.77. The van der Waals surface area contributed by atoms with Gasteiger partial charge in [0.1, 0.15) is 35.0 Å². The lowest BCUT2D eigenvalue weighted by Gasteiger charge is -2.49. The Morgan fingerprint density at radius 3 is 2.68 bits per heavy atom. The minimum absolute atomic E-state index is 0.0352. The molecule has 1 aliphatic carbocycles. The highest BCUT2D eigenvalue weighted by molar-refractivity contribution is 8.00. The second-order valence-electron chi connectivity index (χ2n) is 10.4. The van der Waals surface area contributed by atoms with E-state index in [1.807, 2.05) is 13.4 Å². The van der Waals surface area contributed by atoms with E-state index in [1.165, 1.54) is 41.9 Å². The number of aromatic nitrogens is 4. The van der Waals surface area contributed by atoms with Gasteiger partial charge >= 0.3 is 11.9 Å². The Hall–Kier alpha value is -3.99. The van der Waals surface area contributed by atoms with Crippen molar-refractivity contribution < 1.29 is 38.8 Å². The fourth-order valence-electron chi connectivity index (χ4n) is 4.98. The van der Waals surface area contributed by atoms with Gasteiger partial charge < -0.3 is 26.1 Å². The first-order valence-corrected chi connectivity index (χ1v) is 14.6. The van der Waals surface area contributed by atoms with E-state index in [9.17, 15) is 29.4 Å². The number of oxime groups is 1. The van der Waals surface area contributed by atoms with Crippen molar-refractivity contribution in [2.24, 2.45) is 12.2 Å². The van der Waals surface area contributed by atoms with E-state index in [1.54, 1.807) is 0 Å². The third kappa shape index (κ3) is 5.26. The number of β-lactam (4-membered cyclic amide) rings is 1. The van der Waals surface area contributed by atoms with Crippen LogP contribution in [-0.4, -0.2) is 81.3 Å². The molecule has 2 aliphatic heterocycles. The fraction of sp³-hybridized carbons (Fsp3) is 0.500. The van der Waals surface area contributed by atoms with Crippen LogP contribution >= 0.6 is 23.3 Å². The normalized spacial score (nSPS) is 20.7. The van der Waals surface area contributed by atoms with Crippen molar-refractivity contribution in [2.45, 2.75) is 63.1 Å². The number of nitrogens with one attached hydrogen (secondary N) is 1. The number of fused-ring (bicyclic) bond motifs is 2. The summed E-state index contributed by atoms with van der Waals surface area (Å²) in [5.74, 6) is -3.90. The summed E-state index contributed by atoms with van der Waals surface area (Å²) in [5, 5.41) is 25.0. The molecule has 0 spiro atoms. The van der Waals surface area contributed by atoms with Gasteiger partial charge in [-0.15, -0.1) is 11.8 Å². The summed E-state index contributed by atoms with van der Waals surface area (Å²) < 4.78 is 8.08. The van der Waals surface area contributed by atoms with E-state index >= 15 is 0 Å². The molecular formula is C24H29N8O7S2+. The Balaban J connectivity index is 1.37. The Morgan fingerprint density at radius 2 is 2.02 bits per heavy atom. The number of hydrogen-bond donors (Lipinski definition) is 4. The first-order valence-electron chi connectivity index (χ1n) is 12.8. The summed E-state index contributed by atoms with van der Waals surface area (Å²) >= 11 is 2.13. The van der Waals surface area contributed by atoms with Crippen LogP contribution in [0.1, 0.15) is 43.9 Å². The lowest BCUT2D eigenvalue weighted by atomic mass is 10.00. The molecule has 0 unspecified atom stereocenters. The van der Waals surface area contributed by atoms with Gasteiger partial charge in [-0.05, 0) is 26.7 Å². The van der Waals surface area contributed by atoms with Crippen LogP contribution < -0.4 is 15.6 Å². The molecule has 2 aromatic heterocycles. The smallest absolute Gasteiger partial charge is 0.352 e. The molecule has 0 aromatic carbocycles. The Bertz CT molecular complexity index is 1510. The van der Waals surface area contributed by atoms with Gasteiger partial charge in [-0.2, -0.15) is 9.36 Å². The molecule has 2 atom stereocenters. The second kappa shape index (κ2) is 10.8. The molecule has 3 aliphatic rings. The molecule has 2 aromatic rings. The van der Waals surface area contributed by atoms with Crippen molar-refractivity contribution in [1.82, 2.24) is 24.1 Å². The van der Waals surface area contributed by atoms with Crippen LogP contribution in [0, 0.1) is 0 Å². The number of carbonyl (C=O) groups is 4. The van der Waals surface area contributed by atoms with Crippen molar-refractivity contribution in [3.63, 3.8) is 0 Å². The SMILES string of the molecule is C[n+]1cn(CC2=C(C(=O)O)N3C(=O)[C@@H](NC(=O)/C(=N\OC(C)(C)C(=O)O)c4nsc(N)n4)[C@H]3SC2)c2c1CCCC2. The van der Waals surface area contributed by atoms with Crippen molar-refractivity contribution in [3.8, 4) is 0 Å². The zero-order valence-corrected chi connectivity index (χ0v) is 24.1. The lowest BCUT2D eigenvalue weighted by molar-refractivity contribution is -0.678. The highest BCUT2D eigenvalue weighted by Crippen LogP contribution is 2.41. The Labute approximate surface area is 242 Å². The van der Waals surface area contributed by atoms with E-state index in [4.69, 9.17) is 10.6 Å². The number of aryl methyl sites for hydroxylation is 1. The second-order valence-corrected chi connectivity index (χ2v) is 12.3. The summed E-state index contributed by atoms with van der Waals surface area (Å²) in [7, 11) is 1.98. The van der Waals surface area contributed by atoms with Gasteiger partial charge in [-0.3, -0.25) is 14.5 Å². The molecule has 1 fully saturated rings. The van der Waals surface area contributed by atoms with Gasteiger partial charge in [0.05, 0.1) is 7.05 Å². The standard InChI is InChI=1S/C24H28N8O7S2/c1-24(2,22(37)38)39-28-14(17-27-23(25)41-29-17)18(33)26-15-19(34)32-16(21(35)36)11(9-40-20(15)32)8-31-10-30(3)12-6-4-5-7-13(12)31/h10,15,20H,4-9H2,1-3H3,(H4-,25,26,27,29,33,35,36,37,38)/p+1/b28-14-/t15-,20-/m1/s1. The minimum Gasteiger partial charge on any atom is -0.478 e. The molecule has 4 heterocycles. The van der Waals surface area contributed by atoms with Crippen LogP contribution in [0.3, 0.4) is 0 Å². The van der Waals surface area contributed by atoms with Crippen LogP contribution in [0.4, 0.5) is 5.13 Å². The highest BCUT2D eigenvalue weighted by atomic mass is 32.2. The number of nitrogens with zero attached hydrogens (tertiary/aromatic N) is 6. The zero-order chi connectivity index (χ0) is 29.6. The Morgan fingerprint density at radius 1 is 1.29 bits per heavy atom. The van der Waals surface area contributed by atoms with Crippen LogP contribution in [-0.2, 0) is 50.4 Å². The van der Waals surface area contributed by atoms with Crippen LogP contribution in [0.15, 0.2) is 22.8 Å². The van der Waals surface area contributed by atoms with Gasteiger partial charge in [-0.1, -0.05) is 5.16 Å². The summed E-state index contributed by atoms with van der Waals surface area (Å²) in [6.07, 6.45) is 6.03. The number of aliphatic carboxylic acids is 2. The van der Waals surface area contributed by atoms with E-state index in [0.717, 1.165) is 37.2 Å². The van der Waals surface area contributed by atoms with Crippen molar-refractivity contribution in [3.05, 3.63) is 34.8 Å². The number of hydrogen-bond acceptors (Lipinski definition) is 11. The van der Waals surface area contributed by atoms with E-state index in [0.29, 0.717) is 17.9 Å². The molecular weight excluding hydrogens is 576 g/mol. The number of imidazole rings is 1. The van der Waals surface area contributed by atoms with Crippen LogP contribution in [0.2, 0.25) is 0 Å². The van der Waals surface area contributed by atoms with Crippen LogP contribution in [0.25, 0.3) is 0 Å². The quantitative estimate of drug-likeness (QED) is 0.126. The predicted molar refractivity (Wildman–Crippen MR) is 146 cm³/mol. The number of amides is 2. The fourth-order valence-corrected chi connectivity index (χ4v) is 6.75. The third-order valence-electron chi connectivity index (χ3n) is 7.14. The molecule has 218 valence electrons. The highest BCUT2D eigenvalue weighted by Gasteiger charge is 2.55. The number of thioether (sulfide) groups is 1. The summed E-state index contributed by atoms with van der Waals surface area (Å²) in [5.41, 5.74) is 6.33. The molecule has 5 N–H and O–H groups in total. The zero-order valence-electron chi connectivity index (χ0n) is 22.5. The third-order valence-corrected chi connectivity index (χ3v) is 9.02. The molecule has 0 saturated carbocycles. The van der Waals surface area contributed by atoms with Gasteiger partial charge in [0.2, 0.25) is 23.5 Å². The summed E-state index contributed by atoms with van der Waals surface area (Å²) in [6, 6.07) is -1.06. The molecule has 1 saturated heterocycles. The monoisotopic (exact) mass is 605 g/mol. The Kier molecular flexibility index (Phi) is 7.50. The molecule has 0 bridgehead atoms. The van der Waals surface area contributed by atoms with E-state index in [2.05, 4.69) is 29.0 Å². The van der Waals surface area contributed by atoms with Gasteiger partial charge in [-0.25, -0.2) is 18.7 Å². The van der Waals surface area contributed by atoms with E-state index < -0.39 is 46.5 Å². The average Bonchev–Trinajstić information content (AvgIpc) is 3.49. The topological polar surface area (TPSA) is 206 Å². The number of anilines is 1. The first kappa shape index (κ1) is 28.5. The van der Waals surface area contributed by atoms with Crippen LogP contribution in [0.5, 0.6) is 0 Å². The van der Waals surface area contributed by atoms with E-state index in [-0.39, 0.29) is 16.7 Å². The number of carboxylic acids is 2. The van der Waals surface area contributed by atoms with Crippen molar-refractivity contribution in [1.29, 1.82) is 0 Å². The molecule has 5 rings (SSSR count). The predicted octanol–water partition coefficient (Wildman–Crippen LogP) is -0.352. The largest absolute Gasteiger partial charge is 0.478 e. The maximum atomic E-state index is 13.2. The molecule has 41 heavy (non-hydrogen) atoms. The molecule has 17 heteroatoms. The number of carboxylic acid groups (broad SMARTS) is 2. The maximum absolute atomic E-state index is 13.2. The summed E-state index contributed by atoms with van der Waals surface area (Å²) in [4.78, 5) is 60.5.